The molecular formula is C11H6N2OS. The van der Waals surface area contributed by atoms with Crippen molar-refractivity contribution < 1.29 is 0 Å². The van der Waals surface area contributed by atoms with Gasteiger partial charge in [-0.15, -0.1) is 11.3 Å². The van der Waals surface area contributed by atoms with Crippen LogP contribution >= 0.6 is 11.3 Å². The molecule has 72 valence electrons. The van der Waals surface area contributed by atoms with Crippen molar-refractivity contribution in [1.82, 2.24) is 9.97 Å². The highest BCUT2D eigenvalue weighted by Crippen LogP contribution is 2.28. The first kappa shape index (κ1) is 8.49. The van der Waals surface area contributed by atoms with Crippen molar-refractivity contribution in [3.8, 4) is 0 Å². The molecule has 0 spiro atoms. The Hall–Kier alpha value is -1.81. The van der Waals surface area contributed by atoms with Crippen molar-refractivity contribution in [3.05, 3.63) is 47.0 Å². The van der Waals surface area contributed by atoms with E-state index in [1.54, 1.807) is 6.20 Å². The average molecular weight is 214 g/mol. The summed E-state index contributed by atoms with van der Waals surface area (Å²) < 4.78 is 1.70. The minimum absolute atomic E-state index is 0.205. The lowest BCUT2D eigenvalue weighted by Gasteiger charge is -1.84. The molecule has 0 aliphatic heterocycles. The van der Waals surface area contributed by atoms with E-state index in [9.17, 15) is 4.79 Å². The molecule has 15 heavy (non-hydrogen) atoms. The second-order valence-electron chi connectivity index (χ2n) is 3.14. The van der Waals surface area contributed by atoms with Gasteiger partial charge < -0.3 is 0 Å². The van der Waals surface area contributed by atoms with Gasteiger partial charge in [0.15, 0.2) is 0 Å². The summed E-state index contributed by atoms with van der Waals surface area (Å²) in [6, 6.07) is 7.86. The number of fused-ring (bicyclic) bond motifs is 3. The minimum atomic E-state index is -0.205. The summed E-state index contributed by atoms with van der Waals surface area (Å²) in [5.74, 6) is 0. The quantitative estimate of drug-likeness (QED) is 0.576. The molecule has 0 amide bonds. The lowest BCUT2D eigenvalue weighted by molar-refractivity contribution is 1.28. The van der Waals surface area contributed by atoms with Gasteiger partial charge in [0.1, 0.15) is 4.70 Å². The highest BCUT2D eigenvalue weighted by Gasteiger charge is 2.06. The number of thiophene rings is 1. The molecule has 0 fully saturated rings. The lowest BCUT2D eigenvalue weighted by Crippen LogP contribution is -1.98. The second-order valence-corrected chi connectivity index (χ2v) is 4.19. The van der Waals surface area contributed by atoms with Crippen molar-refractivity contribution in [3.63, 3.8) is 0 Å². The Labute approximate surface area is 89.0 Å². The molecule has 0 unspecified atom stereocenters. The van der Waals surface area contributed by atoms with Gasteiger partial charge in [0.2, 0.25) is 0 Å². The van der Waals surface area contributed by atoms with E-state index >= 15 is 0 Å². The number of nitrogens with zero attached hydrogens (tertiary/aromatic N) is 2. The lowest BCUT2D eigenvalue weighted by atomic mass is 10.2. The predicted molar refractivity (Wildman–Crippen MR) is 61.2 cm³/mol. The molecule has 0 aliphatic rings. The molecule has 3 rings (SSSR count). The summed E-state index contributed by atoms with van der Waals surface area (Å²) in [6.07, 6.45) is 2.99. The Bertz CT molecular complexity index is 705. The zero-order valence-corrected chi connectivity index (χ0v) is 8.49. The topological polar surface area (TPSA) is 42.9 Å². The third-order valence-corrected chi connectivity index (χ3v) is 3.37. The summed E-state index contributed by atoms with van der Waals surface area (Å²) in [7, 11) is 0. The first-order valence-electron chi connectivity index (χ1n) is 4.49. The van der Waals surface area contributed by atoms with E-state index in [2.05, 4.69) is 9.97 Å². The van der Waals surface area contributed by atoms with Crippen LogP contribution < -0.4 is 5.56 Å². The zero-order valence-electron chi connectivity index (χ0n) is 7.68. The molecule has 0 saturated heterocycles. The van der Waals surface area contributed by atoms with Gasteiger partial charge in [-0.25, -0.2) is 4.98 Å². The summed E-state index contributed by atoms with van der Waals surface area (Å²) in [5.41, 5.74) is 0.543. The molecular weight excluding hydrogens is 208 g/mol. The Morgan fingerprint density at radius 1 is 1.07 bits per heavy atom. The summed E-state index contributed by atoms with van der Waals surface area (Å²) in [6.45, 7) is 0. The first-order chi connectivity index (χ1) is 7.36. The molecule has 0 bridgehead atoms. The maximum atomic E-state index is 11.6. The standard InChI is InChI=1S/C11H6N2OS/c14-11-10-9(12-5-6-13-11)7-3-1-2-4-8(7)15-10/h1-6H. The smallest absolute Gasteiger partial charge is 0.266 e. The fourth-order valence-electron chi connectivity index (χ4n) is 1.57. The van der Waals surface area contributed by atoms with E-state index in [4.69, 9.17) is 0 Å². The van der Waals surface area contributed by atoms with Crippen LogP contribution in [0.25, 0.3) is 20.3 Å². The van der Waals surface area contributed by atoms with Gasteiger partial charge in [-0.3, -0.25) is 9.78 Å². The molecule has 0 N–H and O–H groups in total. The van der Waals surface area contributed by atoms with Crippen LogP contribution in [-0.4, -0.2) is 9.97 Å². The number of benzene rings is 1. The predicted octanol–water partition coefficient (Wildman–Crippen LogP) is 2.20. The summed E-state index contributed by atoms with van der Waals surface area (Å²) >= 11 is 1.44. The molecule has 3 aromatic rings. The van der Waals surface area contributed by atoms with Crippen LogP contribution in [0.3, 0.4) is 0 Å². The molecule has 3 nitrogen and oxygen atoms in total. The van der Waals surface area contributed by atoms with Gasteiger partial charge in [-0.2, -0.15) is 0 Å². The van der Waals surface area contributed by atoms with E-state index in [0.29, 0.717) is 4.70 Å². The van der Waals surface area contributed by atoms with E-state index < -0.39 is 0 Å². The highest BCUT2D eigenvalue weighted by atomic mass is 32.1. The normalized spacial score (nSPS) is 10.9. The van der Waals surface area contributed by atoms with Gasteiger partial charge >= 0.3 is 0 Å². The van der Waals surface area contributed by atoms with Crippen molar-refractivity contribution >= 4 is 31.6 Å². The Morgan fingerprint density at radius 3 is 2.80 bits per heavy atom. The van der Waals surface area contributed by atoms with Crippen molar-refractivity contribution in [2.75, 3.05) is 0 Å². The van der Waals surface area contributed by atoms with Crippen LogP contribution in [0.5, 0.6) is 0 Å². The number of rotatable bonds is 0. The van der Waals surface area contributed by atoms with Crippen LogP contribution in [-0.2, 0) is 0 Å². The Kier molecular flexibility index (Phi) is 1.76. The van der Waals surface area contributed by atoms with Gasteiger partial charge in [0.05, 0.1) is 5.52 Å². The van der Waals surface area contributed by atoms with Crippen molar-refractivity contribution in [2.24, 2.45) is 0 Å². The van der Waals surface area contributed by atoms with E-state index in [1.165, 1.54) is 17.5 Å². The largest absolute Gasteiger partial charge is 0.289 e. The van der Waals surface area contributed by atoms with E-state index in [-0.39, 0.29) is 5.56 Å². The maximum Gasteiger partial charge on any atom is 0.289 e. The molecule has 0 aliphatic carbocycles. The minimum Gasteiger partial charge on any atom is -0.266 e. The fourth-order valence-corrected chi connectivity index (χ4v) is 2.61. The molecule has 2 heterocycles. The molecule has 2 aromatic heterocycles. The van der Waals surface area contributed by atoms with Crippen molar-refractivity contribution in [2.45, 2.75) is 0 Å². The molecule has 4 heteroatoms. The van der Waals surface area contributed by atoms with E-state index in [1.807, 2.05) is 24.3 Å². The van der Waals surface area contributed by atoms with Gasteiger partial charge in [-0.05, 0) is 6.07 Å². The molecule has 0 saturated carbocycles. The second kappa shape index (κ2) is 3.10. The van der Waals surface area contributed by atoms with Gasteiger partial charge in [0.25, 0.3) is 5.56 Å². The van der Waals surface area contributed by atoms with E-state index in [0.717, 1.165) is 15.6 Å². The monoisotopic (exact) mass is 214 g/mol. The van der Waals surface area contributed by atoms with Crippen LogP contribution in [0.1, 0.15) is 0 Å². The third kappa shape index (κ3) is 1.22. The molecule has 1 aromatic carbocycles. The third-order valence-electron chi connectivity index (χ3n) is 2.23. The number of aromatic nitrogens is 2. The zero-order chi connectivity index (χ0) is 10.3. The average Bonchev–Trinajstić information content (AvgIpc) is 2.54. The first-order valence-corrected chi connectivity index (χ1v) is 5.30. The van der Waals surface area contributed by atoms with Crippen LogP contribution in [0, 0.1) is 0 Å². The maximum absolute atomic E-state index is 11.6. The SMILES string of the molecule is O=c1nccnc2c1sc1ccccc12. The number of hydrogen-bond donors (Lipinski definition) is 0. The highest BCUT2D eigenvalue weighted by molar-refractivity contribution is 7.25. The molecule has 0 radical (unpaired) electrons. The summed E-state index contributed by atoms with van der Waals surface area (Å²) in [4.78, 5) is 19.6. The Morgan fingerprint density at radius 2 is 1.87 bits per heavy atom. The van der Waals surface area contributed by atoms with Gasteiger partial charge in [-0.1, -0.05) is 18.2 Å². The number of hydrogen-bond acceptors (Lipinski definition) is 4. The fraction of sp³-hybridized carbons (Fsp3) is 0. The van der Waals surface area contributed by atoms with Crippen LogP contribution in [0.2, 0.25) is 0 Å². The Balaban J connectivity index is 2.70. The van der Waals surface area contributed by atoms with Gasteiger partial charge in [0, 0.05) is 22.5 Å². The van der Waals surface area contributed by atoms with Crippen molar-refractivity contribution in [1.29, 1.82) is 0 Å². The molecule has 0 atom stereocenters. The van der Waals surface area contributed by atoms with Crippen LogP contribution in [0.15, 0.2) is 41.5 Å². The summed E-state index contributed by atoms with van der Waals surface area (Å²) in [5, 5.41) is 1.02. The van der Waals surface area contributed by atoms with Crippen LogP contribution in [0.4, 0.5) is 0 Å².